The van der Waals surface area contributed by atoms with E-state index in [4.69, 9.17) is 10.2 Å². The van der Waals surface area contributed by atoms with E-state index in [0.717, 1.165) is 11.5 Å². The van der Waals surface area contributed by atoms with Crippen molar-refractivity contribution >= 4 is 5.96 Å². The number of guanidine groups is 1. The van der Waals surface area contributed by atoms with E-state index in [9.17, 15) is 0 Å². The van der Waals surface area contributed by atoms with Gasteiger partial charge in [0.25, 0.3) is 0 Å². The molecule has 1 saturated carbocycles. The van der Waals surface area contributed by atoms with Crippen molar-refractivity contribution in [2.24, 2.45) is 10.7 Å². The third kappa shape index (κ3) is 3.02. The molecule has 0 radical (unpaired) electrons. The minimum absolute atomic E-state index is 0.513. The lowest BCUT2D eigenvalue weighted by Gasteiger charge is -2.11. The molecule has 1 aromatic rings. The molecule has 0 unspecified atom stereocenters. The predicted molar refractivity (Wildman–Crippen MR) is 64.2 cm³/mol. The fraction of sp³-hybridized carbons (Fsp3) is 0.583. The van der Waals surface area contributed by atoms with Crippen LogP contribution in [0.25, 0.3) is 0 Å². The molecule has 4 heteroatoms. The summed E-state index contributed by atoms with van der Waals surface area (Å²) in [5.74, 6) is 2.29. The highest BCUT2D eigenvalue weighted by Crippen LogP contribution is 2.17. The Morgan fingerprint density at radius 3 is 2.88 bits per heavy atom. The Morgan fingerprint density at radius 2 is 2.25 bits per heavy atom. The molecule has 16 heavy (non-hydrogen) atoms. The summed E-state index contributed by atoms with van der Waals surface area (Å²) < 4.78 is 5.41. The van der Waals surface area contributed by atoms with Crippen molar-refractivity contribution in [1.29, 1.82) is 0 Å². The Bertz CT molecular complexity index is 364. The number of nitrogens with zero attached hydrogens (tertiary/aromatic N) is 1. The Balaban J connectivity index is 1.81. The summed E-state index contributed by atoms with van der Waals surface area (Å²) in [6, 6.07) is 4.38. The Labute approximate surface area is 95.9 Å². The topological polar surface area (TPSA) is 63.5 Å². The molecule has 88 valence electrons. The van der Waals surface area contributed by atoms with Crippen molar-refractivity contribution in [2.75, 3.05) is 0 Å². The van der Waals surface area contributed by atoms with Crippen LogP contribution in [0.2, 0.25) is 0 Å². The minimum Gasteiger partial charge on any atom is -0.464 e. The first-order chi connectivity index (χ1) is 7.74. The van der Waals surface area contributed by atoms with Gasteiger partial charge in [-0.05, 0) is 31.9 Å². The zero-order valence-electron chi connectivity index (χ0n) is 9.70. The minimum atomic E-state index is 0.513. The van der Waals surface area contributed by atoms with E-state index in [-0.39, 0.29) is 0 Å². The van der Waals surface area contributed by atoms with Gasteiger partial charge in [-0.15, -0.1) is 0 Å². The molecule has 0 aromatic carbocycles. The molecule has 0 spiro atoms. The molecule has 0 saturated heterocycles. The molecule has 1 aromatic heterocycles. The molecule has 1 aliphatic rings. The van der Waals surface area contributed by atoms with Crippen molar-refractivity contribution in [1.82, 2.24) is 5.32 Å². The molecule has 3 N–H and O–H groups in total. The maximum absolute atomic E-state index is 5.81. The number of nitrogens with one attached hydrogen (secondary N) is 1. The summed E-state index contributed by atoms with van der Waals surface area (Å²) >= 11 is 0. The smallest absolute Gasteiger partial charge is 0.189 e. The zero-order valence-corrected chi connectivity index (χ0v) is 9.70. The molecule has 0 bridgehead atoms. The first-order valence-corrected chi connectivity index (χ1v) is 5.86. The quantitative estimate of drug-likeness (QED) is 0.605. The third-order valence-electron chi connectivity index (χ3n) is 2.91. The number of rotatable bonds is 3. The van der Waals surface area contributed by atoms with Gasteiger partial charge in [-0.3, -0.25) is 0 Å². The highest BCUT2D eigenvalue weighted by Gasteiger charge is 2.14. The Hall–Kier alpha value is -1.45. The van der Waals surface area contributed by atoms with Gasteiger partial charge in [0.15, 0.2) is 5.96 Å². The van der Waals surface area contributed by atoms with E-state index < -0.39 is 0 Å². The SMILES string of the molecule is Cc1ccc(CN=C(N)NC2CCCC2)o1. The number of aliphatic imine (C=N–C) groups is 1. The Morgan fingerprint density at radius 1 is 1.50 bits per heavy atom. The molecule has 2 rings (SSSR count). The van der Waals surface area contributed by atoms with Gasteiger partial charge in [0.1, 0.15) is 18.1 Å². The third-order valence-corrected chi connectivity index (χ3v) is 2.91. The van der Waals surface area contributed by atoms with Crippen molar-refractivity contribution < 1.29 is 4.42 Å². The van der Waals surface area contributed by atoms with Gasteiger partial charge in [-0.1, -0.05) is 12.8 Å². The average Bonchev–Trinajstić information content (AvgIpc) is 2.87. The van der Waals surface area contributed by atoms with E-state index in [2.05, 4.69) is 10.3 Å². The molecule has 0 aliphatic heterocycles. The second-order valence-electron chi connectivity index (χ2n) is 4.34. The largest absolute Gasteiger partial charge is 0.464 e. The molecule has 0 atom stereocenters. The van der Waals surface area contributed by atoms with Gasteiger partial charge in [-0.25, -0.2) is 4.99 Å². The van der Waals surface area contributed by atoms with Gasteiger partial charge >= 0.3 is 0 Å². The van der Waals surface area contributed by atoms with Gasteiger partial charge in [0, 0.05) is 6.04 Å². The monoisotopic (exact) mass is 221 g/mol. The summed E-state index contributed by atoms with van der Waals surface area (Å²) in [5.41, 5.74) is 5.81. The van der Waals surface area contributed by atoms with Gasteiger partial charge in [-0.2, -0.15) is 0 Å². The van der Waals surface area contributed by atoms with Crippen LogP contribution in [-0.4, -0.2) is 12.0 Å². The fourth-order valence-electron chi connectivity index (χ4n) is 2.06. The summed E-state index contributed by atoms with van der Waals surface area (Å²) in [5, 5.41) is 3.24. The normalized spacial score (nSPS) is 17.9. The molecular weight excluding hydrogens is 202 g/mol. The summed E-state index contributed by atoms with van der Waals surface area (Å²) in [6.07, 6.45) is 5.00. The molecule has 0 amide bonds. The highest BCUT2D eigenvalue weighted by atomic mass is 16.3. The van der Waals surface area contributed by atoms with Crippen molar-refractivity contribution in [3.63, 3.8) is 0 Å². The van der Waals surface area contributed by atoms with E-state index in [1.165, 1.54) is 25.7 Å². The summed E-state index contributed by atoms with van der Waals surface area (Å²) in [6.45, 7) is 2.44. The van der Waals surface area contributed by atoms with Crippen LogP contribution in [0, 0.1) is 6.92 Å². The molecule has 1 aliphatic carbocycles. The van der Waals surface area contributed by atoms with Crippen molar-refractivity contribution in [3.8, 4) is 0 Å². The summed E-state index contributed by atoms with van der Waals surface area (Å²) in [4.78, 5) is 4.26. The van der Waals surface area contributed by atoms with Crippen LogP contribution in [0.3, 0.4) is 0 Å². The maximum atomic E-state index is 5.81. The van der Waals surface area contributed by atoms with Crippen LogP contribution in [0.5, 0.6) is 0 Å². The fourth-order valence-corrected chi connectivity index (χ4v) is 2.06. The van der Waals surface area contributed by atoms with Crippen molar-refractivity contribution in [3.05, 3.63) is 23.7 Å². The molecule has 1 heterocycles. The van der Waals surface area contributed by atoms with Gasteiger partial charge < -0.3 is 15.5 Å². The van der Waals surface area contributed by atoms with Crippen LogP contribution in [0.4, 0.5) is 0 Å². The standard InChI is InChI=1S/C12H19N3O/c1-9-6-7-11(16-9)8-14-12(13)15-10-4-2-3-5-10/h6-7,10H,2-5,8H2,1H3,(H3,13,14,15). The number of aryl methyl sites for hydroxylation is 1. The molecule has 1 fully saturated rings. The highest BCUT2D eigenvalue weighted by molar-refractivity contribution is 5.78. The second-order valence-corrected chi connectivity index (χ2v) is 4.34. The lowest BCUT2D eigenvalue weighted by Crippen LogP contribution is -2.38. The lowest BCUT2D eigenvalue weighted by atomic mass is 10.2. The summed E-state index contributed by atoms with van der Waals surface area (Å²) in [7, 11) is 0. The van der Waals surface area contributed by atoms with Crippen molar-refractivity contribution in [2.45, 2.75) is 45.2 Å². The Kier molecular flexibility index (Phi) is 3.49. The molecular formula is C12H19N3O. The lowest BCUT2D eigenvalue weighted by molar-refractivity contribution is 0.485. The number of hydrogen-bond donors (Lipinski definition) is 2. The average molecular weight is 221 g/mol. The van der Waals surface area contributed by atoms with Crippen LogP contribution >= 0.6 is 0 Å². The van der Waals surface area contributed by atoms with Gasteiger partial charge in [0.05, 0.1) is 0 Å². The van der Waals surface area contributed by atoms with Crippen LogP contribution < -0.4 is 11.1 Å². The van der Waals surface area contributed by atoms with Crippen LogP contribution in [0.15, 0.2) is 21.5 Å². The van der Waals surface area contributed by atoms with Crippen LogP contribution in [0.1, 0.15) is 37.2 Å². The first-order valence-electron chi connectivity index (χ1n) is 5.86. The zero-order chi connectivity index (χ0) is 11.4. The first kappa shape index (κ1) is 11.0. The van der Waals surface area contributed by atoms with E-state index in [1.54, 1.807) is 0 Å². The predicted octanol–water partition coefficient (Wildman–Crippen LogP) is 1.93. The van der Waals surface area contributed by atoms with Gasteiger partial charge in [0.2, 0.25) is 0 Å². The van der Waals surface area contributed by atoms with E-state index in [0.29, 0.717) is 18.5 Å². The number of furan rings is 1. The second kappa shape index (κ2) is 5.05. The molecule has 4 nitrogen and oxygen atoms in total. The van der Waals surface area contributed by atoms with Crippen LogP contribution in [-0.2, 0) is 6.54 Å². The number of hydrogen-bond acceptors (Lipinski definition) is 2. The van der Waals surface area contributed by atoms with E-state index in [1.807, 2.05) is 19.1 Å². The van der Waals surface area contributed by atoms with E-state index >= 15 is 0 Å². The maximum Gasteiger partial charge on any atom is 0.189 e. The number of nitrogens with two attached hydrogens (primary N) is 1.